The molecule has 19 heavy (non-hydrogen) atoms. The van der Waals surface area contributed by atoms with Crippen molar-refractivity contribution >= 4 is 11.6 Å². The molecule has 1 saturated heterocycles. The van der Waals surface area contributed by atoms with E-state index in [0.717, 1.165) is 24.4 Å². The van der Waals surface area contributed by atoms with Crippen LogP contribution in [0.2, 0.25) is 5.02 Å². The SMILES string of the molecule is NCC(c1cccc(Cl)c1)N1CCCC1CCCO. The molecule has 0 saturated carbocycles. The number of likely N-dealkylation sites (tertiary alicyclic amines) is 1. The molecule has 0 amide bonds. The Morgan fingerprint density at radius 3 is 3.00 bits per heavy atom. The maximum atomic E-state index is 9.00. The van der Waals surface area contributed by atoms with E-state index in [0.29, 0.717) is 12.6 Å². The predicted molar refractivity (Wildman–Crippen MR) is 79.3 cm³/mol. The number of nitrogens with two attached hydrogens (primary N) is 1. The Morgan fingerprint density at radius 2 is 2.32 bits per heavy atom. The number of aliphatic hydroxyl groups excluding tert-OH is 1. The van der Waals surface area contributed by atoms with Crippen molar-refractivity contribution in [1.29, 1.82) is 0 Å². The van der Waals surface area contributed by atoms with Gasteiger partial charge in [0.1, 0.15) is 0 Å². The molecule has 2 atom stereocenters. The van der Waals surface area contributed by atoms with Crippen molar-refractivity contribution in [3.63, 3.8) is 0 Å². The van der Waals surface area contributed by atoms with Crippen LogP contribution in [0.15, 0.2) is 24.3 Å². The topological polar surface area (TPSA) is 49.5 Å². The van der Waals surface area contributed by atoms with Crippen LogP contribution in [-0.2, 0) is 0 Å². The molecule has 2 rings (SSSR count). The summed E-state index contributed by atoms with van der Waals surface area (Å²) in [4.78, 5) is 2.49. The molecule has 1 fully saturated rings. The van der Waals surface area contributed by atoms with Gasteiger partial charge in [0.15, 0.2) is 0 Å². The van der Waals surface area contributed by atoms with Gasteiger partial charge in [-0.15, -0.1) is 0 Å². The number of rotatable bonds is 6. The second kappa shape index (κ2) is 7.25. The van der Waals surface area contributed by atoms with E-state index < -0.39 is 0 Å². The quantitative estimate of drug-likeness (QED) is 0.843. The molecule has 0 spiro atoms. The number of aliphatic hydroxyl groups is 1. The zero-order valence-corrected chi connectivity index (χ0v) is 12.0. The molecule has 1 aliphatic rings. The van der Waals surface area contributed by atoms with E-state index in [1.165, 1.54) is 18.4 Å². The molecule has 2 unspecified atom stereocenters. The highest BCUT2D eigenvalue weighted by atomic mass is 35.5. The first kappa shape index (κ1) is 14.8. The summed E-state index contributed by atoms with van der Waals surface area (Å²) in [5, 5.41) is 9.77. The zero-order valence-electron chi connectivity index (χ0n) is 11.3. The molecular formula is C15H23ClN2O. The third-order valence-electron chi connectivity index (χ3n) is 3.98. The third-order valence-corrected chi connectivity index (χ3v) is 4.21. The highest BCUT2D eigenvalue weighted by Gasteiger charge is 2.30. The van der Waals surface area contributed by atoms with Gasteiger partial charge in [0, 0.05) is 30.3 Å². The van der Waals surface area contributed by atoms with Crippen molar-refractivity contribution in [1.82, 2.24) is 4.90 Å². The van der Waals surface area contributed by atoms with Crippen molar-refractivity contribution in [2.45, 2.75) is 37.8 Å². The Balaban J connectivity index is 2.12. The Labute approximate surface area is 120 Å². The molecule has 0 aliphatic carbocycles. The van der Waals surface area contributed by atoms with Crippen LogP contribution in [0.3, 0.4) is 0 Å². The van der Waals surface area contributed by atoms with Gasteiger partial charge in [-0.3, -0.25) is 4.90 Å². The first-order valence-corrected chi connectivity index (χ1v) is 7.46. The summed E-state index contributed by atoms with van der Waals surface area (Å²) in [6.45, 7) is 1.97. The van der Waals surface area contributed by atoms with E-state index in [1.54, 1.807) is 0 Å². The fraction of sp³-hybridized carbons (Fsp3) is 0.600. The molecule has 1 aliphatic heterocycles. The van der Waals surface area contributed by atoms with Crippen LogP contribution in [0, 0.1) is 0 Å². The lowest BCUT2D eigenvalue weighted by molar-refractivity contribution is 0.165. The van der Waals surface area contributed by atoms with Crippen molar-refractivity contribution in [2.24, 2.45) is 5.73 Å². The van der Waals surface area contributed by atoms with E-state index in [9.17, 15) is 0 Å². The number of nitrogens with zero attached hydrogens (tertiary/aromatic N) is 1. The normalized spacial score (nSPS) is 21.7. The molecular weight excluding hydrogens is 260 g/mol. The Kier molecular flexibility index (Phi) is 5.64. The average Bonchev–Trinajstić information content (AvgIpc) is 2.86. The van der Waals surface area contributed by atoms with Gasteiger partial charge in [0.05, 0.1) is 0 Å². The zero-order chi connectivity index (χ0) is 13.7. The molecule has 0 aromatic heterocycles. The molecule has 0 bridgehead atoms. The monoisotopic (exact) mass is 282 g/mol. The third kappa shape index (κ3) is 3.69. The fourth-order valence-corrected chi connectivity index (χ4v) is 3.28. The second-order valence-electron chi connectivity index (χ2n) is 5.21. The molecule has 0 radical (unpaired) electrons. The molecule has 1 aromatic rings. The number of hydrogen-bond donors (Lipinski definition) is 2. The summed E-state index contributed by atoms with van der Waals surface area (Å²) in [7, 11) is 0. The lowest BCUT2D eigenvalue weighted by atomic mass is 10.0. The van der Waals surface area contributed by atoms with Gasteiger partial charge in [0.25, 0.3) is 0 Å². The van der Waals surface area contributed by atoms with Gasteiger partial charge >= 0.3 is 0 Å². The molecule has 4 heteroatoms. The summed E-state index contributed by atoms with van der Waals surface area (Å²) in [5.41, 5.74) is 7.19. The van der Waals surface area contributed by atoms with E-state index >= 15 is 0 Å². The van der Waals surface area contributed by atoms with Gasteiger partial charge < -0.3 is 10.8 Å². The van der Waals surface area contributed by atoms with Gasteiger partial charge in [-0.2, -0.15) is 0 Å². The number of halogens is 1. The largest absolute Gasteiger partial charge is 0.396 e. The van der Waals surface area contributed by atoms with E-state index in [-0.39, 0.29) is 12.6 Å². The molecule has 106 valence electrons. The highest BCUT2D eigenvalue weighted by Crippen LogP contribution is 2.31. The van der Waals surface area contributed by atoms with E-state index in [1.807, 2.05) is 18.2 Å². The molecule has 1 heterocycles. The first-order chi connectivity index (χ1) is 9.26. The number of benzene rings is 1. The molecule has 3 N–H and O–H groups in total. The van der Waals surface area contributed by atoms with Crippen LogP contribution >= 0.6 is 11.6 Å². The Morgan fingerprint density at radius 1 is 1.47 bits per heavy atom. The summed E-state index contributed by atoms with van der Waals surface area (Å²) in [5.74, 6) is 0. The number of hydrogen-bond acceptors (Lipinski definition) is 3. The first-order valence-electron chi connectivity index (χ1n) is 7.08. The summed E-state index contributed by atoms with van der Waals surface area (Å²) >= 11 is 6.08. The van der Waals surface area contributed by atoms with Crippen LogP contribution in [-0.4, -0.2) is 35.7 Å². The van der Waals surface area contributed by atoms with E-state index in [4.69, 9.17) is 22.4 Å². The summed E-state index contributed by atoms with van der Waals surface area (Å²) < 4.78 is 0. The predicted octanol–water partition coefficient (Wildman–Crippen LogP) is 2.58. The smallest absolute Gasteiger partial charge is 0.0473 e. The van der Waals surface area contributed by atoms with Gasteiger partial charge in [-0.25, -0.2) is 0 Å². The lowest BCUT2D eigenvalue weighted by Crippen LogP contribution is -2.37. The lowest BCUT2D eigenvalue weighted by Gasteiger charge is -2.32. The van der Waals surface area contributed by atoms with Crippen molar-refractivity contribution in [3.8, 4) is 0 Å². The van der Waals surface area contributed by atoms with Gasteiger partial charge in [-0.05, 0) is 49.9 Å². The van der Waals surface area contributed by atoms with Gasteiger partial charge in [0.2, 0.25) is 0 Å². The van der Waals surface area contributed by atoms with Crippen LogP contribution in [0.25, 0.3) is 0 Å². The maximum Gasteiger partial charge on any atom is 0.0473 e. The van der Waals surface area contributed by atoms with Crippen molar-refractivity contribution in [3.05, 3.63) is 34.9 Å². The Hall–Kier alpha value is -0.610. The minimum atomic E-state index is 0.241. The summed E-state index contributed by atoms with van der Waals surface area (Å²) in [6, 6.07) is 8.78. The minimum Gasteiger partial charge on any atom is -0.396 e. The average molecular weight is 283 g/mol. The van der Waals surface area contributed by atoms with Crippen molar-refractivity contribution in [2.75, 3.05) is 19.7 Å². The van der Waals surface area contributed by atoms with Crippen LogP contribution in [0.4, 0.5) is 0 Å². The van der Waals surface area contributed by atoms with Crippen LogP contribution in [0.1, 0.15) is 37.3 Å². The fourth-order valence-electron chi connectivity index (χ4n) is 3.08. The molecule has 1 aromatic carbocycles. The highest BCUT2D eigenvalue weighted by molar-refractivity contribution is 6.30. The molecule has 3 nitrogen and oxygen atoms in total. The summed E-state index contributed by atoms with van der Waals surface area (Å²) in [6.07, 6.45) is 4.34. The minimum absolute atomic E-state index is 0.241. The maximum absolute atomic E-state index is 9.00. The standard InChI is InChI=1S/C15H23ClN2O/c16-13-5-1-4-12(10-13)15(11-17)18-8-2-6-14(18)7-3-9-19/h1,4-5,10,14-15,19H,2-3,6-9,11,17H2. The Bertz CT molecular complexity index is 399. The van der Waals surface area contributed by atoms with Crippen LogP contribution < -0.4 is 5.73 Å². The van der Waals surface area contributed by atoms with Crippen molar-refractivity contribution < 1.29 is 5.11 Å². The van der Waals surface area contributed by atoms with Crippen LogP contribution in [0.5, 0.6) is 0 Å². The van der Waals surface area contributed by atoms with Gasteiger partial charge in [-0.1, -0.05) is 23.7 Å². The van der Waals surface area contributed by atoms with E-state index in [2.05, 4.69) is 11.0 Å². The second-order valence-corrected chi connectivity index (χ2v) is 5.64.